The lowest BCUT2D eigenvalue weighted by molar-refractivity contribution is -0.169. The van der Waals surface area contributed by atoms with Gasteiger partial charge < -0.3 is 61.2 Å². The van der Waals surface area contributed by atoms with Crippen molar-refractivity contribution in [2.75, 3.05) is 17.7 Å². The molecule has 338 valence electrons. The molecule has 19 nitrogen and oxygen atoms in total. The maximum Gasteiger partial charge on any atom is 0.329 e. The van der Waals surface area contributed by atoms with Gasteiger partial charge in [-0.1, -0.05) is 36.9 Å². The van der Waals surface area contributed by atoms with Crippen LogP contribution in [-0.2, 0) is 28.7 Å². The average Bonchev–Trinajstić information content (AvgIpc) is 3.61. The zero-order chi connectivity index (χ0) is 46.5. The van der Waals surface area contributed by atoms with E-state index in [0.29, 0.717) is 17.7 Å². The van der Waals surface area contributed by atoms with Gasteiger partial charge in [-0.3, -0.25) is 24.0 Å². The first-order valence-corrected chi connectivity index (χ1v) is 21.1. The summed E-state index contributed by atoms with van der Waals surface area (Å²) in [6, 6.07) is 5.06. The number of amides is 3. The van der Waals surface area contributed by atoms with Crippen molar-refractivity contribution in [1.29, 1.82) is 0 Å². The van der Waals surface area contributed by atoms with Crippen LogP contribution in [0.2, 0.25) is 0 Å². The van der Waals surface area contributed by atoms with Gasteiger partial charge in [0.05, 0.1) is 28.4 Å². The third kappa shape index (κ3) is 8.25. The van der Waals surface area contributed by atoms with E-state index in [9.17, 15) is 69.3 Å². The number of carboxylic acid groups (broad SMARTS) is 1. The van der Waals surface area contributed by atoms with E-state index in [0.717, 1.165) is 55.7 Å². The van der Waals surface area contributed by atoms with Crippen LogP contribution in [0.25, 0.3) is 0 Å². The number of nitrogens with one attached hydrogen (secondary N) is 3. The lowest BCUT2D eigenvalue weighted by Crippen LogP contribution is -2.56. The summed E-state index contributed by atoms with van der Waals surface area (Å²) in [4.78, 5) is 91.8. The lowest BCUT2D eigenvalue weighted by atomic mass is 9.51. The minimum Gasteiger partial charge on any atom is -0.506 e. The zero-order valence-electron chi connectivity index (χ0n) is 34.3. The maximum absolute atomic E-state index is 13.6. The molecule has 0 radical (unpaired) electrons. The maximum atomic E-state index is 13.6. The van der Waals surface area contributed by atoms with Crippen LogP contribution >= 0.6 is 11.8 Å². The number of allylic oxidation sites excluding steroid dienone is 2. The van der Waals surface area contributed by atoms with Gasteiger partial charge in [0, 0.05) is 23.5 Å². The molecule has 1 unspecified atom stereocenters. The number of hydrogen-bond donors (Lipinski definition) is 10. The van der Waals surface area contributed by atoms with E-state index in [2.05, 4.69) is 17.6 Å². The van der Waals surface area contributed by atoms with Crippen LogP contribution < -0.4 is 16.0 Å². The zero-order valence-corrected chi connectivity index (χ0v) is 35.1. The van der Waals surface area contributed by atoms with E-state index < -0.39 is 122 Å². The highest BCUT2D eigenvalue weighted by atomic mass is 32.2. The predicted octanol–water partition coefficient (Wildman–Crippen LogP) is 3.46. The molecule has 4 bridgehead atoms. The van der Waals surface area contributed by atoms with E-state index in [1.54, 1.807) is 6.08 Å². The average molecular weight is 904 g/mol. The van der Waals surface area contributed by atoms with Gasteiger partial charge in [-0.25, -0.2) is 9.59 Å². The minimum absolute atomic E-state index is 0.120. The molecule has 5 aliphatic rings. The number of para-hydroxylation sites is 2. The number of phenolic OH excluding ortho intramolecular Hbond substituents is 6. The summed E-state index contributed by atoms with van der Waals surface area (Å²) in [5.74, 6) is -11.1. The van der Waals surface area contributed by atoms with Crippen LogP contribution in [-0.4, -0.2) is 112 Å². The van der Waals surface area contributed by atoms with Crippen LogP contribution in [0.15, 0.2) is 60.7 Å². The first-order chi connectivity index (χ1) is 30.2. The van der Waals surface area contributed by atoms with Gasteiger partial charge >= 0.3 is 11.9 Å². The number of ether oxygens (including phenoxy) is 2. The van der Waals surface area contributed by atoms with Crippen molar-refractivity contribution in [3.63, 3.8) is 0 Å². The second-order valence-corrected chi connectivity index (χ2v) is 18.0. The Labute approximate surface area is 368 Å². The Bertz CT molecular complexity index is 2510. The fourth-order valence-corrected chi connectivity index (χ4v) is 10.7. The number of aliphatic carboxylic acids is 1. The van der Waals surface area contributed by atoms with Crippen molar-refractivity contribution in [1.82, 2.24) is 10.6 Å². The fraction of sp³-hybridized carbons (Fsp3) is 0.386. The summed E-state index contributed by atoms with van der Waals surface area (Å²) < 4.78 is 11.6. The summed E-state index contributed by atoms with van der Waals surface area (Å²) in [6.45, 7) is 2.90. The highest BCUT2D eigenvalue weighted by molar-refractivity contribution is 8.14. The molecule has 8 rings (SSSR count). The number of thioether (sulfide) groups is 1. The van der Waals surface area contributed by atoms with Crippen molar-refractivity contribution in [3.05, 3.63) is 77.4 Å². The van der Waals surface area contributed by atoms with E-state index in [-0.39, 0.29) is 41.7 Å². The predicted molar refractivity (Wildman–Crippen MR) is 224 cm³/mol. The van der Waals surface area contributed by atoms with Crippen molar-refractivity contribution in [2.45, 2.75) is 69.7 Å². The summed E-state index contributed by atoms with van der Waals surface area (Å²) >= 11 is 0.344. The highest BCUT2D eigenvalue weighted by Crippen LogP contribution is 2.71. The molecule has 3 aromatic carbocycles. The van der Waals surface area contributed by atoms with Crippen LogP contribution in [0, 0.1) is 22.7 Å². The third-order valence-electron chi connectivity index (χ3n) is 12.9. The molecular formula is C44H45N3O16S. The quantitative estimate of drug-likeness (QED) is 0.0771. The number of anilines is 1. The molecule has 20 heteroatoms. The topological polar surface area (TPSA) is 316 Å². The van der Waals surface area contributed by atoms with Gasteiger partial charge in [0.25, 0.3) is 11.8 Å². The summed E-state index contributed by atoms with van der Waals surface area (Å²) in [5, 5.41) is 77.3. The van der Waals surface area contributed by atoms with E-state index in [4.69, 9.17) is 9.47 Å². The van der Waals surface area contributed by atoms with Crippen molar-refractivity contribution in [2.24, 2.45) is 22.7 Å². The summed E-state index contributed by atoms with van der Waals surface area (Å²) in [7, 11) is 0. The van der Waals surface area contributed by atoms with Gasteiger partial charge in [0.2, 0.25) is 11.0 Å². The van der Waals surface area contributed by atoms with Crippen molar-refractivity contribution >= 4 is 58.0 Å². The monoisotopic (exact) mass is 903 g/mol. The standard InChI is InChI=1S/C44H45N3O16S/c1-42(30(51)11-14-44-16-20-15-29(36(42)44)63-43(20,2)19-44)13-12-31(52)47-32-26(48)10-9-23(35(32)55)41(61)64-18-25(46-38(57)22-6-4-8-28(50)34(22)54)40(60)62-17-24(39(58)59)45-37(56)21-5-3-7-27(49)33(21)53/h3-11,14,20,24-25,29,36,48-50,53-55H,12-13,15-19H2,1-2H3,(H,45,56)(H,46,57)(H,47,52)(H,58,59)/t20-,24+,25?,29+,36+,42-,43+,44+/m1/s1. The van der Waals surface area contributed by atoms with Crippen molar-refractivity contribution < 1.29 is 78.8 Å². The Morgan fingerprint density at radius 3 is 2.06 bits per heavy atom. The number of esters is 1. The molecule has 2 aliphatic heterocycles. The summed E-state index contributed by atoms with van der Waals surface area (Å²) in [6.07, 6.45) is 5.96. The van der Waals surface area contributed by atoms with Gasteiger partial charge in [0.1, 0.15) is 24.1 Å². The third-order valence-corrected chi connectivity index (χ3v) is 13.9. The van der Waals surface area contributed by atoms with Crippen LogP contribution in [0.1, 0.15) is 77.0 Å². The minimum atomic E-state index is -1.94. The number of ketones is 1. The fourth-order valence-electron chi connectivity index (χ4n) is 9.83. The molecule has 2 heterocycles. The van der Waals surface area contributed by atoms with Crippen LogP contribution in [0.5, 0.6) is 34.5 Å². The van der Waals surface area contributed by atoms with Gasteiger partial charge in [-0.05, 0) is 86.4 Å². The smallest absolute Gasteiger partial charge is 0.329 e. The molecule has 4 fully saturated rings. The Morgan fingerprint density at radius 2 is 1.45 bits per heavy atom. The lowest BCUT2D eigenvalue weighted by Gasteiger charge is -2.55. The molecule has 0 aromatic heterocycles. The Kier molecular flexibility index (Phi) is 12.1. The number of aromatic hydroxyl groups is 6. The number of carboxylic acids is 1. The Hall–Kier alpha value is -6.80. The Balaban J connectivity index is 1.03. The Morgan fingerprint density at radius 1 is 0.828 bits per heavy atom. The molecule has 2 saturated carbocycles. The highest BCUT2D eigenvalue weighted by Gasteiger charge is 2.71. The molecule has 10 N–H and O–H groups in total. The summed E-state index contributed by atoms with van der Waals surface area (Å²) in [5.41, 5.74) is -3.36. The molecule has 8 atom stereocenters. The normalized spacial score (nSPS) is 25.8. The second kappa shape index (κ2) is 17.1. The van der Waals surface area contributed by atoms with Gasteiger partial charge in [0.15, 0.2) is 40.6 Å². The van der Waals surface area contributed by atoms with Crippen LogP contribution in [0.4, 0.5) is 5.69 Å². The molecule has 2 saturated heterocycles. The molecular weight excluding hydrogens is 859 g/mol. The van der Waals surface area contributed by atoms with E-state index in [1.165, 1.54) is 12.1 Å². The number of carbonyl (C=O) groups is 7. The first-order valence-electron chi connectivity index (χ1n) is 20.1. The number of phenols is 6. The number of benzene rings is 3. The van der Waals surface area contributed by atoms with E-state index >= 15 is 0 Å². The van der Waals surface area contributed by atoms with Crippen LogP contribution in [0.3, 0.4) is 0 Å². The SMILES string of the molecule is C[C@]12C[C@@]34C=CC(=O)[C@@](C)(CCC(=O)Nc5c(O)ccc(C(=O)SCC(NC(=O)c6cccc(O)c6O)C(=O)OC[C@H](NC(=O)c6cccc(O)c6O)C(=O)O)c5O)[C@@H]3[C@H](C[C@@H]1C4)O2. The first kappa shape index (κ1) is 45.2. The van der Waals surface area contributed by atoms with E-state index in [1.807, 2.05) is 18.3 Å². The second-order valence-electron chi connectivity index (χ2n) is 17.0. The van der Waals surface area contributed by atoms with Gasteiger partial charge in [-0.15, -0.1) is 0 Å². The largest absolute Gasteiger partial charge is 0.506 e. The molecule has 3 aliphatic carbocycles. The number of hydrogen-bond acceptors (Lipinski definition) is 16. The molecule has 3 aromatic rings. The number of carbonyl (C=O) groups excluding carboxylic acids is 6. The van der Waals surface area contributed by atoms with Gasteiger partial charge in [-0.2, -0.15) is 0 Å². The molecule has 64 heavy (non-hydrogen) atoms. The van der Waals surface area contributed by atoms with Crippen molar-refractivity contribution in [3.8, 4) is 34.5 Å². The molecule has 1 spiro atoms. The molecule has 3 amide bonds. The number of rotatable bonds is 15.